The molecular weight excluding hydrogens is 216 g/mol. The minimum atomic E-state index is 0.0691. The topological polar surface area (TPSA) is 41.6 Å². The van der Waals surface area contributed by atoms with Gasteiger partial charge in [-0.2, -0.15) is 0 Å². The first-order valence-corrected chi connectivity index (χ1v) is 6.33. The fraction of sp³-hybridized carbons (Fsp3) is 0.923. The summed E-state index contributed by atoms with van der Waals surface area (Å²) in [7, 11) is 1.82. The van der Waals surface area contributed by atoms with Gasteiger partial charge >= 0.3 is 0 Å². The first-order chi connectivity index (χ1) is 7.72. The van der Waals surface area contributed by atoms with E-state index >= 15 is 0 Å². The number of carbonyl (C=O) groups excluding carboxylic acids is 1. The molecule has 0 saturated carbocycles. The van der Waals surface area contributed by atoms with Gasteiger partial charge in [-0.15, -0.1) is 0 Å². The van der Waals surface area contributed by atoms with E-state index in [4.69, 9.17) is 4.74 Å². The van der Waals surface area contributed by atoms with Gasteiger partial charge in [-0.3, -0.25) is 4.79 Å². The Balaban J connectivity index is 3.68. The molecule has 0 aromatic rings. The molecule has 0 aliphatic rings. The second-order valence-corrected chi connectivity index (χ2v) is 5.66. The number of hydrogen-bond acceptors (Lipinski definition) is 3. The number of nitrogens with one attached hydrogen (secondary N) is 1. The molecule has 0 spiro atoms. The molecule has 0 aliphatic heterocycles. The average molecular weight is 244 g/mol. The van der Waals surface area contributed by atoms with Crippen molar-refractivity contribution in [2.75, 3.05) is 26.7 Å². The van der Waals surface area contributed by atoms with Crippen LogP contribution < -0.4 is 5.32 Å². The van der Waals surface area contributed by atoms with Crippen LogP contribution in [0.25, 0.3) is 0 Å². The molecule has 0 atom stereocenters. The number of rotatable bonds is 7. The van der Waals surface area contributed by atoms with E-state index in [2.05, 4.69) is 26.1 Å². The van der Waals surface area contributed by atoms with Crippen molar-refractivity contribution < 1.29 is 9.53 Å². The third-order valence-corrected chi connectivity index (χ3v) is 2.30. The normalized spacial score (nSPS) is 11.9. The number of ether oxygens (including phenoxy) is 1. The van der Waals surface area contributed by atoms with Crippen molar-refractivity contribution in [2.24, 2.45) is 0 Å². The summed E-state index contributed by atoms with van der Waals surface area (Å²) in [6.45, 7) is 12.3. The number of likely N-dealkylation sites (N-methyl/N-ethyl adjacent to an activating group) is 1. The lowest BCUT2D eigenvalue weighted by Gasteiger charge is -2.22. The first kappa shape index (κ1) is 16.4. The lowest BCUT2D eigenvalue weighted by Crippen LogP contribution is -2.39. The number of carbonyl (C=O) groups is 1. The molecular formula is C13H28N2O2. The highest BCUT2D eigenvalue weighted by atomic mass is 16.5. The molecule has 0 rings (SSSR count). The van der Waals surface area contributed by atoms with Crippen molar-refractivity contribution in [2.45, 2.75) is 52.7 Å². The van der Waals surface area contributed by atoms with Crippen molar-refractivity contribution in [3.8, 4) is 0 Å². The van der Waals surface area contributed by atoms with Crippen LogP contribution in [0, 0.1) is 0 Å². The van der Waals surface area contributed by atoms with Crippen LogP contribution in [0.15, 0.2) is 0 Å². The molecule has 0 aromatic carbocycles. The predicted octanol–water partition coefficient (Wildman–Crippen LogP) is 1.65. The van der Waals surface area contributed by atoms with Gasteiger partial charge in [0, 0.05) is 32.1 Å². The highest BCUT2D eigenvalue weighted by molar-refractivity contribution is 5.76. The van der Waals surface area contributed by atoms with Gasteiger partial charge in [-0.05, 0) is 34.6 Å². The lowest BCUT2D eigenvalue weighted by molar-refractivity contribution is -0.130. The summed E-state index contributed by atoms with van der Waals surface area (Å²) in [4.78, 5) is 13.5. The van der Waals surface area contributed by atoms with Crippen LogP contribution in [0.2, 0.25) is 0 Å². The van der Waals surface area contributed by atoms with Gasteiger partial charge in [0.15, 0.2) is 0 Å². The second kappa shape index (κ2) is 7.67. The molecule has 0 aliphatic carbocycles. The van der Waals surface area contributed by atoms with Crippen LogP contribution in [-0.2, 0) is 9.53 Å². The van der Waals surface area contributed by atoms with Crippen LogP contribution in [0.4, 0.5) is 0 Å². The number of amides is 1. The zero-order valence-electron chi connectivity index (χ0n) is 12.2. The first-order valence-electron chi connectivity index (χ1n) is 6.33. The molecule has 102 valence electrons. The van der Waals surface area contributed by atoms with Crippen LogP contribution in [0.3, 0.4) is 0 Å². The molecule has 17 heavy (non-hydrogen) atoms. The van der Waals surface area contributed by atoms with Gasteiger partial charge in [0.1, 0.15) is 0 Å². The molecule has 1 amide bonds. The maximum absolute atomic E-state index is 11.7. The maximum atomic E-state index is 11.7. The van der Waals surface area contributed by atoms with E-state index < -0.39 is 0 Å². The molecule has 4 heteroatoms. The van der Waals surface area contributed by atoms with E-state index in [1.165, 1.54) is 0 Å². The third kappa shape index (κ3) is 10.3. The fourth-order valence-corrected chi connectivity index (χ4v) is 1.29. The molecule has 0 unspecified atom stereocenters. The highest BCUT2D eigenvalue weighted by Gasteiger charge is 2.12. The zero-order valence-corrected chi connectivity index (χ0v) is 12.2. The Kier molecular flexibility index (Phi) is 7.39. The van der Waals surface area contributed by atoms with Gasteiger partial charge in [0.2, 0.25) is 5.91 Å². The predicted molar refractivity (Wildman–Crippen MR) is 71.1 cm³/mol. The van der Waals surface area contributed by atoms with Crippen molar-refractivity contribution >= 4 is 5.91 Å². The van der Waals surface area contributed by atoms with Crippen LogP contribution in [0.5, 0.6) is 0 Å². The van der Waals surface area contributed by atoms with E-state index in [0.717, 1.165) is 6.54 Å². The lowest BCUT2D eigenvalue weighted by atomic mass is 10.1. The summed E-state index contributed by atoms with van der Waals surface area (Å²) < 4.78 is 5.41. The summed E-state index contributed by atoms with van der Waals surface area (Å²) in [6, 6.07) is 0. The molecule has 0 saturated heterocycles. The average Bonchev–Trinajstić information content (AvgIpc) is 2.14. The SMILES string of the molecule is CC(C)OCCN(C)C(=O)CCNC(C)(C)C. The largest absolute Gasteiger partial charge is 0.377 e. The molecule has 0 heterocycles. The van der Waals surface area contributed by atoms with E-state index in [-0.39, 0.29) is 17.6 Å². The Morgan fingerprint density at radius 2 is 1.94 bits per heavy atom. The summed E-state index contributed by atoms with van der Waals surface area (Å²) >= 11 is 0. The molecule has 0 fully saturated rings. The van der Waals surface area contributed by atoms with Crippen LogP contribution in [0.1, 0.15) is 41.0 Å². The van der Waals surface area contributed by atoms with Gasteiger partial charge in [-0.1, -0.05) is 0 Å². The number of nitrogens with zero attached hydrogens (tertiary/aromatic N) is 1. The minimum Gasteiger partial charge on any atom is -0.377 e. The fourth-order valence-electron chi connectivity index (χ4n) is 1.29. The summed E-state index contributed by atoms with van der Waals surface area (Å²) in [6.07, 6.45) is 0.760. The molecule has 1 N–H and O–H groups in total. The number of hydrogen-bond donors (Lipinski definition) is 1. The van der Waals surface area contributed by atoms with Crippen molar-refractivity contribution in [1.29, 1.82) is 0 Å². The quantitative estimate of drug-likeness (QED) is 0.740. The van der Waals surface area contributed by atoms with E-state index in [0.29, 0.717) is 19.6 Å². The van der Waals surface area contributed by atoms with Crippen molar-refractivity contribution in [3.63, 3.8) is 0 Å². The Morgan fingerprint density at radius 1 is 1.35 bits per heavy atom. The Labute approximate surface area is 106 Å². The van der Waals surface area contributed by atoms with Crippen LogP contribution >= 0.6 is 0 Å². The van der Waals surface area contributed by atoms with E-state index in [9.17, 15) is 4.79 Å². The molecule has 0 radical (unpaired) electrons. The van der Waals surface area contributed by atoms with E-state index in [1.807, 2.05) is 20.9 Å². The smallest absolute Gasteiger partial charge is 0.223 e. The minimum absolute atomic E-state index is 0.0691. The molecule has 0 aromatic heterocycles. The monoisotopic (exact) mass is 244 g/mol. The summed E-state index contributed by atoms with van der Waals surface area (Å²) in [5, 5.41) is 3.30. The van der Waals surface area contributed by atoms with Gasteiger partial charge < -0.3 is 15.0 Å². The molecule has 0 bridgehead atoms. The Hall–Kier alpha value is -0.610. The highest BCUT2D eigenvalue weighted by Crippen LogP contribution is 1.99. The third-order valence-electron chi connectivity index (χ3n) is 2.30. The van der Waals surface area contributed by atoms with Gasteiger partial charge in [0.05, 0.1) is 12.7 Å². The standard InChI is InChI=1S/C13H28N2O2/c1-11(2)17-10-9-15(6)12(16)7-8-14-13(3,4)5/h11,14H,7-10H2,1-6H3. The zero-order chi connectivity index (χ0) is 13.5. The summed E-state index contributed by atoms with van der Waals surface area (Å²) in [5.41, 5.74) is 0.0691. The van der Waals surface area contributed by atoms with Crippen molar-refractivity contribution in [3.05, 3.63) is 0 Å². The van der Waals surface area contributed by atoms with Crippen LogP contribution in [-0.4, -0.2) is 49.2 Å². The summed E-state index contributed by atoms with van der Waals surface area (Å²) in [5.74, 6) is 0.161. The second-order valence-electron chi connectivity index (χ2n) is 5.66. The van der Waals surface area contributed by atoms with Gasteiger partial charge in [-0.25, -0.2) is 0 Å². The maximum Gasteiger partial charge on any atom is 0.223 e. The molecule has 4 nitrogen and oxygen atoms in total. The van der Waals surface area contributed by atoms with Crippen molar-refractivity contribution in [1.82, 2.24) is 10.2 Å². The Bertz CT molecular complexity index is 222. The van der Waals surface area contributed by atoms with Gasteiger partial charge in [0.25, 0.3) is 0 Å². The van der Waals surface area contributed by atoms with E-state index in [1.54, 1.807) is 4.90 Å². The Morgan fingerprint density at radius 3 is 2.41 bits per heavy atom.